The maximum atomic E-state index is 9.22. The lowest BCUT2D eigenvalue weighted by Crippen LogP contribution is -2.08. The number of hydrogen-bond donors (Lipinski definition) is 1. The lowest BCUT2D eigenvalue weighted by Gasteiger charge is -2.13. The normalized spacial score (nSPS) is 10.0. The molecule has 0 unspecified atom stereocenters. The van der Waals surface area contributed by atoms with Crippen molar-refractivity contribution < 1.29 is 0 Å². The Labute approximate surface area is 113 Å². The zero-order valence-corrected chi connectivity index (χ0v) is 11.3. The predicted molar refractivity (Wildman–Crippen MR) is 77.9 cm³/mol. The third-order valence-corrected chi connectivity index (χ3v) is 2.98. The summed E-state index contributed by atoms with van der Waals surface area (Å²) < 4.78 is 0. The molecule has 0 aliphatic heterocycles. The molecule has 0 aliphatic rings. The molecule has 1 aromatic carbocycles. The van der Waals surface area contributed by atoms with E-state index >= 15 is 0 Å². The summed E-state index contributed by atoms with van der Waals surface area (Å²) >= 11 is 0. The minimum absolute atomic E-state index is 0.286. The Hall–Kier alpha value is -2.54. The second kappa shape index (κ2) is 4.99. The van der Waals surface area contributed by atoms with Crippen molar-refractivity contribution in [2.75, 3.05) is 24.7 Å². The molecule has 1 aromatic heterocycles. The van der Waals surface area contributed by atoms with E-state index in [0.717, 1.165) is 22.5 Å². The number of nitrogens with zero attached hydrogens (tertiary/aromatic N) is 3. The summed E-state index contributed by atoms with van der Waals surface area (Å²) in [6, 6.07) is 12.0. The topological polar surface area (TPSA) is 65.9 Å². The molecule has 1 heterocycles. The monoisotopic (exact) mass is 252 g/mol. The number of nitriles is 1. The zero-order valence-electron chi connectivity index (χ0n) is 11.3. The molecule has 4 nitrogen and oxygen atoms in total. The van der Waals surface area contributed by atoms with E-state index in [1.807, 2.05) is 56.3 Å². The van der Waals surface area contributed by atoms with Crippen LogP contribution >= 0.6 is 0 Å². The summed E-state index contributed by atoms with van der Waals surface area (Å²) in [5.41, 5.74) is 9.96. The first-order valence-corrected chi connectivity index (χ1v) is 5.98. The van der Waals surface area contributed by atoms with Crippen LogP contribution in [0.2, 0.25) is 0 Å². The van der Waals surface area contributed by atoms with Gasteiger partial charge in [0.05, 0.1) is 0 Å². The smallest absolute Gasteiger partial charge is 0.142 e. The molecular weight excluding hydrogens is 236 g/mol. The van der Waals surface area contributed by atoms with Crippen LogP contribution in [0.4, 0.5) is 11.5 Å². The number of hydrogen-bond acceptors (Lipinski definition) is 4. The van der Waals surface area contributed by atoms with Gasteiger partial charge in [-0.1, -0.05) is 12.1 Å². The second-order valence-corrected chi connectivity index (χ2v) is 4.62. The van der Waals surface area contributed by atoms with E-state index in [4.69, 9.17) is 5.73 Å². The van der Waals surface area contributed by atoms with E-state index in [-0.39, 0.29) is 5.82 Å². The van der Waals surface area contributed by atoms with E-state index in [9.17, 15) is 5.26 Å². The number of anilines is 2. The van der Waals surface area contributed by atoms with Crippen LogP contribution in [0.25, 0.3) is 11.1 Å². The molecule has 0 amide bonds. The van der Waals surface area contributed by atoms with E-state index in [1.165, 1.54) is 0 Å². The van der Waals surface area contributed by atoms with Crippen molar-refractivity contribution in [2.45, 2.75) is 6.92 Å². The van der Waals surface area contributed by atoms with Crippen molar-refractivity contribution in [1.29, 1.82) is 5.26 Å². The predicted octanol–water partition coefficient (Wildman–Crippen LogP) is 2.58. The zero-order chi connectivity index (χ0) is 14.0. The molecule has 0 bridgehead atoms. The van der Waals surface area contributed by atoms with Crippen molar-refractivity contribution in [3.8, 4) is 17.2 Å². The molecule has 0 fully saturated rings. The highest BCUT2D eigenvalue weighted by Gasteiger charge is 2.10. The molecule has 96 valence electrons. The lowest BCUT2D eigenvalue weighted by atomic mass is 10.00. The van der Waals surface area contributed by atoms with Crippen LogP contribution in [-0.4, -0.2) is 19.1 Å². The number of aryl methyl sites for hydroxylation is 1. The molecule has 2 N–H and O–H groups in total. The van der Waals surface area contributed by atoms with Crippen molar-refractivity contribution >= 4 is 11.5 Å². The number of pyridine rings is 1. The van der Waals surface area contributed by atoms with E-state index in [2.05, 4.69) is 11.1 Å². The largest absolute Gasteiger partial charge is 0.383 e. The first kappa shape index (κ1) is 12.9. The van der Waals surface area contributed by atoms with Crippen LogP contribution in [0.3, 0.4) is 0 Å². The molecule has 0 saturated heterocycles. The van der Waals surface area contributed by atoms with Gasteiger partial charge in [-0.25, -0.2) is 4.98 Å². The van der Waals surface area contributed by atoms with Crippen LogP contribution < -0.4 is 10.6 Å². The van der Waals surface area contributed by atoms with Gasteiger partial charge in [-0.15, -0.1) is 0 Å². The summed E-state index contributed by atoms with van der Waals surface area (Å²) in [6.45, 7) is 1.87. The van der Waals surface area contributed by atoms with Gasteiger partial charge in [0.15, 0.2) is 0 Å². The third kappa shape index (κ3) is 2.50. The number of nitrogens with two attached hydrogens (primary N) is 1. The molecule has 19 heavy (non-hydrogen) atoms. The fourth-order valence-electron chi connectivity index (χ4n) is 1.98. The fraction of sp³-hybridized carbons (Fsp3) is 0.200. The molecule has 4 heteroatoms. The minimum Gasteiger partial charge on any atom is -0.383 e. The molecule has 2 rings (SSSR count). The number of aromatic nitrogens is 1. The molecule has 0 aliphatic carbocycles. The van der Waals surface area contributed by atoms with Crippen LogP contribution in [0, 0.1) is 18.3 Å². The SMILES string of the molecule is Cc1cc(-c2ccc(N(C)C)cc2)c(C#N)c(N)n1. The summed E-state index contributed by atoms with van der Waals surface area (Å²) in [7, 11) is 3.98. The Morgan fingerprint density at radius 2 is 1.84 bits per heavy atom. The molecule has 0 spiro atoms. The van der Waals surface area contributed by atoms with Gasteiger partial charge in [0.2, 0.25) is 0 Å². The van der Waals surface area contributed by atoms with Crippen molar-refractivity contribution in [2.24, 2.45) is 0 Å². The first-order chi connectivity index (χ1) is 9.02. The maximum absolute atomic E-state index is 9.22. The Morgan fingerprint density at radius 3 is 2.37 bits per heavy atom. The molecule has 0 atom stereocenters. The molecule has 0 saturated carbocycles. The van der Waals surface area contributed by atoms with Gasteiger partial charge in [0.1, 0.15) is 17.5 Å². The molecule has 2 aromatic rings. The van der Waals surface area contributed by atoms with Gasteiger partial charge in [-0.3, -0.25) is 0 Å². The number of benzene rings is 1. The molecule has 0 radical (unpaired) electrons. The van der Waals surface area contributed by atoms with E-state index in [0.29, 0.717) is 5.56 Å². The fourth-order valence-corrected chi connectivity index (χ4v) is 1.98. The second-order valence-electron chi connectivity index (χ2n) is 4.62. The quantitative estimate of drug-likeness (QED) is 0.892. The Balaban J connectivity index is 2.56. The van der Waals surface area contributed by atoms with Crippen LogP contribution in [0.1, 0.15) is 11.3 Å². The van der Waals surface area contributed by atoms with E-state index < -0.39 is 0 Å². The van der Waals surface area contributed by atoms with Gasteiger partial charge in [0.25, 0.3) is 0 Å². The number of nitrogen functional groups attached to an aromatic ring is 1. The van der Waals surface area contributed by atoms with Crippen LogP contribution in [-0.2, 0) is 0 Å². The van der Waals surface area contributed by atoms with Crippen molar-refractivity contribution in [1.82, 2.24) is 4.98 Å². The minimum atomic E-state index is 0.286. The van der Waals surface area contributed by atoms with Crippen molar-refractivity contribution in [3.63, 3.8) is 0 Å². The summed E-state index contributed by atoms with van der Waals surface area (Å²) in [5.74, 6) is 0.286. The van der Waals surface area contributed by atoms with Gasteiger partial charge < -0.3 is 10.6 Å². The highest BCUT2D eigenvalue weighted by Crippen LogP contribution is 2.28. The average Bonchev–Trinajstić information content (AvgIpc) is 2.38. The molecular formula is C15H16N4. The van der Waals surface area contributed by atoms with Gasteiger partial charge in [-0.2, -0.15) is 5.26 Å². The Bertz CT molecular complexity index is 636. The van der Waals surface area contributed by atoms with Gasteiger partial charge >= 0.3 is 0 Å². The highest BCUT2D eigenvalue weighted by molar-refractivity contribution is 5.76. The standard InChI is InChI=1S/C15H16N4/c1-10-8-13(14(9-16)15(17)18-10)11-4-6-12(7-5-11)19(2)3/h4-8H,1-3H3,(H2,17,18). The van der Waals surface area contributed by atoms with Gasteiger partial charge in [-0.05, 0) is 30.7 Å². The van der Waals surface area contributed by atoms with Gasteiger partial charge in [0, 0.05) is 31.0 Å². The summed E-state index contributed by atoms with van der Waals surface area (Å²) in [4.78, 5) is 6.15. The highest BCUT2D eigenvalue weighted by atomic mass is 15.1. The van der Waals surface area contributed by atoms with Crippen LogP contribution in [0.15, 0.2) is 30.3 Å². The Morgan fingerprint density at radius 1 is 1.21 bits per heavy atom. The number of rotatable bonds is 2. The summed E-state index contributed by atoms with van der Waals surface area (Å²) in [6.07, 6.45) is 0. The first-order valence-electron chi connectivity index (χ1n) is 5.98. The van der Waals surface area contributed by atoms with Crippen LogP contribution in [0.5, 0.6) is 0 Å². The Kier molecular flexibility index (Phi) is 3.39. The third-order valence-electron chi connectivity index (χ3n) is 2.98. The lowest BCUT2D eigenvalue weighted by molar-refractivity contribution is 1.13. The summed E-state index contributed by atoms with van der Waals surface area (Å²) in [5, 5.41) is 9.22. The van der Waals surface area contributed by atoms with E-state index in [1.54, 1.807) is 0 Å². The maximum Gasteiger partial charge on any atom is 0.142 e. The van der Waals surface area contributed by atoms with Crippen molar-refractivity contribution in [3.05, 3.63) is 41.6 Å². The average molecular weight is 252 g/mol.